The fourth-order valence-electron chi connectivity index (χ4n) is 2.41. The van der Waals surface area contributed by atoms with Crippen LogP contribution >= 0.6 is 0 Å². The Balaban J connectivity index is 2.04. The van der Waals surface area contributed by atoms with Crippen LogP contribution in [0, 0.1) is 11.3 Å². The number of aliphatic hydroxyl groups excluding tert-OH is 1. The Morgan fingerprint density at radius 3 is 2.88 bits per heavy atom. The van der Waals surface area contributed by atoms with Gasteiger partial charge in [0.15, 0.2) is 0 Å². The Morgan fingerprint density at radius 1 is 1.47 bits per heavy atom. The van der Waals surface area contributed by atoms with E-state index in [-0.39, 0.29) is 12.1 Å². The summed E-state index contributed by atoms with van der Waals surface area (Å²) in [4.78, 5) is 4.03. The van der Waals surface area contributed by atoms with E-state index in [1.165, 1.54) is 0 Å². The summed E-state index contributed by atoms with van der Waals surface area (Å²) in [6.07, 6.45) is 5.95. The second-order valence-electron chi connectivity index (χ2n) is 4.62. The molecule has 1 aromatic heterocycles. The van der Waals surface area contributed by atoms with Gasteiger partial charge in [0.2, 0.25) is 0 Å². The SMILES string of the molecule is N#Cc1ncccc1CNC1(CO)CCCC1. The van der Waals surface area contributed by atoms with Crippen molar-refractivity contribution in [2.75, 3.05) is 6.61 Å². The number of nitrogens with one attached hydrogen (secondary N) is 1. The molecule has 4 heteroatoms. The van der Waals surface area contributed by atoms with Crippen molar-refractivity contribution in [2.45, 2.75) is 37.8 Å². The van der Waals surface area contributed by atoms with Crippen molar-refractivity contribution in [3.63, 3.8) is 0 Å². The van der Waals surface area contributed by atoms with Crippen molar-refractivity contribution >= 4 is 0 Å². The fraction of sp³-hybridized carbons (Fsp3) is 0.538. The lowest BCUT2D eigenvalue weighted by atomic mass is 9.98. The lowest BCUT2D eigenvalue weighted by molar-refractivity contribution is 0.163. The van der Waals surface area contributed by atoms with Gasteiger partial charge in [-0.25, -0.2) is 4.98 Å². The second-order valence-corrected chi connectivity index (χ2v) is 4.62. The molecule has 0 spiro atoms. The molecule has 1 heterocycles. The van der Waals surface area contributed by atoms with Crippen LogP contribution in [0.25, 0.3) is 0 Å². The molecule has 1 fully saturated rings. The average molecular weight is 231 g/mol. The summed E-state index contributed by atoms with van der Waals surface area (Å²) < 4.78 is 0. The van der Waals surface area contributed by atoms with Gasteiger partial charge in [0.25, 0.3) is 0 Å². The fourth-order valence-corrected chi connectivity index (χ4v) is 2.41. The summed E-state index contributed by atoms with van der Waals surface area (Å²) in [5, 5.41) is 21.8. The number of hydrogen-bond donors (Lipinski definition) is 2. The Labute approximate surface area is 101 Å². The quantitative estimate of drug-likeness (QED) is 0.820. The zero-order valence-corrected chi connectivity index (χ0v) is 9.82. The lowest BCUT2D eigenvalue weighted by Crippen LogP contribution is -2.45. The summed E-state index contributed by atoms with van der Waals surface area (Å²) in [6.45, 7) is 0.756. The van der Waals surface area contributed by atoms with Crippen LogP contribution in [0.3, 0.4) is 0 Å². The van der Waals surface area contributed by atoms with Crippen molar-refractivity contribution in [2.24, 2.45) is 0 Å². The minimum atomic E-state index is -0.150. The molecular formula is C13H17N3O. The molecule has 1 aromatic rings. The van der Waals surface area contributed by atoms with E-state index < -0.39 is 0 Å². The Kier molecular flexibility index (Phi) is 3.72. The Morgan fingerprint density at radius 2 is 2.24 bits per heavy atom. The van der Waals surface area contributed by atoms with Crippen LogP contribution in [-0.4, -0.2) is 22.2 Å². The van der Waals surface area contributed by atoms with Crippen molar-refractivity contribution in [1.82, 2.24) is 10.3 Å². The number of nitrogens with zero attached hydrogens (tertiary/aromatic N) is 2. The molecular weight excluding hydrogens is 214 g/mol. The van der Waals surface area contributed by atoms with Crippen LogP contribution in [0.5, 0.6) is 0 Å². The van der Waals surface area contributed by atoms with Gasteiger partial charge in [0.1, 0.15) is 11.8 Å². The first-order valence-electron chi connectivity index (χ1n) is 5.99. The molecule has 1 aliphatic rings. The minimum Gasteiger partial charge on any atom is -0.394 e. The molecule has 0 unspecified atom stereocenters. The summed E-state index contributed by atoms with van der Waals surface area (Å²) in [6, 6.07) is 5.82. The minimum absolute atomic E-state index is 0.150. The molecule has 0 amide bonds. The van der Waals surface area contributed by atoms with Gasteiger partial charge in [0.05, 0.1) is 6.61 Å². The van der Waals surface area contributed by atoms with Crippen LogP contribution < -0.4 is 5.32 Å². The van der Waals surface area contributed by atoms with Crippen LogP contribution in [0.2, 0.25) is 0 Å². The van der Waals surface area contributed by atoms with Gasteiger partial charge in [-0.05, 0) is 18.9 Å². The molecule has 0 aliphatic heterocycles. The number of rotatable bonds is 4. The molecule has 0 saturated heterocycles. The highest BCUT2D eigenvalue weighted by atomic mass is 16.3. The van der Waals surface area contributed by atoms with Crippen LogP contribution in [0.1, 0.15) is 36.9 Å². The first-order chi connectivity index (χ1) is 8.29. The largest absolute Gasteiger partial charge is 0.394 e. The third-order valence-electron chi connectivity index (χ3n) is 3.51. The van der Waals surface area contributed by atoms with E-state index in [2.05, 4.69) is 16.4 Å². The molecule has 2 N–H and O–H groups in total. The maximum Gasteiger partial charge on any atom is 0.144 e. The van der Waals surface area contributed by atoms with E-state index in [0.717, 1.165) is 31.2 Å². The van der Waals surface area contributed by atoms with Crippen LogP contribution in [0.4, 0.5) is 0 Å². The summed E-state index contributed by atoms with van der Waals surface area (Å²) in [5.41, 5.74) is 1.21. The van der Waals surface area contributed by atoms with E-state index in [4.69, 9.17) is 5.26 Å². The van der Waals surface area contributed by atoms with Crippen molar-refractivity contribution in [3.8, 4) is 6.07 Å². The van der Waals surface area contributed by atoms with E-state index in [0.29, 0.717) is 12.2 Å². The first kappa shape index (κ1) is 12.0. The standard InChI is InChI=1S/C13H17N3O/c14-8-12-11(4-3-7-15-12)9-16-13(10-17)5-1-2-6-13/h3-4,7,16-17H,1-2,5-6,9-10H2. The molecule has 90 valence electrons. The van der Waals surface area contributed by atoms with Crippen LogP contribution in [0.15, 0.2) is 18.3 Å². The number of nitriles is 1. The van der Waals surface area contributed by atoms with Crippen LogP contribution in [-0.2, 0) is 6.54 Å². The van der Waals surface area contributed by atoms with Gasteiger partial charge in [-0.2, -0.15) is 5.26 Å². The maximum atomic E-state index is 9.48. The van der Waals surface area contributed by atoms with Crippen molar-refractivity contribution in [3.05, 3.63) is 29.6 Å². The molecule has 0 atom stereocenters. The zero-order valence-electron chi connectivity index (χ0n) is 9.82. The topological polar surface area (TPSA) is 68.9 Å². The summed E-state index contributed by atoms with van der Waals surface area (Å²) in [7, 11) is 0. The van der Waals surface area contributed by atoms with Gasteiger partial charge in [0, 0.05) is 23.8 Å². The number of pyridine rings is 1. The molecule has 2 rings (SSSR count). The van der Waals surface area contributed by atoms with Gasteiger partial charge < -0.3 is 10.4 Å². The highest BCUT2D eigenvalue weighted by Gasteiger charge is 2.32. The van der Waals surface area contributed by atoms with Gasteiger partial charge in [-0.3, -0.25) is 0 Å². The lowest BCUT2D eigenvalue weighted by Gasteiger charge is -2.28. The van der Waals surface area contributed by atoms with Gasteiger partial charge in [-0.15, -0.1) is 0 Å². The van der Waals surface area contributed by atoms with Crippen molar-refractivity contribution < 1.29 is 5.11 Å². The van der Waals surface area contributed by atoms with Gasteiger partial charge in [-0.1, -0.05) is 18.9 Å². The monoisotopic (exact) mass is 231 g/mol. The number of hydrogen-bond acceptors (Lipinski definition) is 4. The van der Waals surface area contributed by atoms with E-state index in [1.807, 2.05) is 12.1 Å². The zero-order chi connectivity index (χ0) is 12.1. The number of aromatic nitrogens is 1. The smallest absolute Gasteiger partial charge is 0.144 e. The number of aliphatic hydroxyl groups is 1. The maximum absolute atomic E-state index is 9.48. The summed E-state index contributed by atoms with van der Waals surface area (Å²) in [5.74, 6) is 0. The second kappa shape index (κ2) is 5.26. The third-order valence-corrected chi connectivity index (χ3v) is 3.51. The Hall–Kier alpha value is -1.44. The molecule has 1 saturated carbocycles. The highest BCUT2D eigenvalue weighted by molar-refractivity contribution is 5.30. The third kappa shape index (κ3) is 2.63. The first-order valence-corrected chi connectivity index (χ1v) is 5.99. The Bertz CT molecular complexity index is 419. The normalized spacial score (nSPS) is 17.9. The molecule has 0 bridgehead atoms. The summed E-state index contributed by atoms with van der Waals surface area (Å²) >= 11 is 0. The molecule has 1 aliphatic carbocycles. The van der Waals surface area contributed by atoms with Crippen molar-refractivity contribution in [1.29, 1.82) is 5.26 Å². The van der Waals surface area contributed by atoms with E-state index >= 15 is 0 Å². The van der Waals surface area contributed by atoms with Gasteiger partial charge >= 0.3 is 0 Å². The predicted molar refractivity (Wildman–Crippen MR) is 64.1 cm³/mol. The molecule has 0 radical (unpaired) electrons. The van der Waals surface area contributed by atoms with E-state index in [9.17, 15) is 5.11 Å². The van der Waals surface area contributed by atoms with E-state index in [1.54, 1.807) is 6.20 Å². The molecule has 4 nitrogen and oxygen atoms in total. The predicted octanol–water partition coefficient (Wildman–Crippen LogP) is 1.35. The average Bonchev–Trinajstić information content (AvgIpc) is 2.86. The molecule has 0 aromatic carbocycles. The molecule has 17 heavy (non-hydrogen) atoms. The highest BCUT2D eigenvalue weighted by Crippen LogP contribution is 2.29.